The second kappa shape index (κ2) is 4.40. The molecule has 1 fully saturated rings. The fraction of sp³-hybridized carbons (Fsp3) is 0.455. The molecule has 0 radical (unpaired) electrons. The SMILES string of the molecule is O=[N+]([O-])c1ccc(CNC2CCC2)cc1. The first kappa shape index (κ1) is 10.1. The summed E-state index contributed by atoms with van der Waals surface area (Å²) in [5, 5.41) is 13.8. The summed E-state index contributed by atoms with van der Waals surface area (Å²) in [6.07, 6.45) is 3.83. The third-order valence-electron chi connectivity index (χ3n) is 2.85. The topological polar surface area (TPSA) is 55.2 Å². The lowest BCUT2D eigenvalue weighted by atomic mass is 9.93. The average Bonchev–Trinajstić information content (AvgIpc) is 2.16. The van der Waals surface area contributed by atoms with Gasteiger partial charge in [0, 0.05) is 24.7 Å². The van der Waals surface area contributed by atoms with Gasteiger partial charge in [-0.1, -0.05) is 18.6 Å². The van der Waals surface area contributed by atoms with E-state index in [-0.39, 0.29) is 10.6 Å². The van der Waals surface area contributed by atoms with Crippen LogP contribution in [0.4, 0.5) is 5.69 Å². The van der Waals surface area contributed by atoms with Crippen molar-refractivity contribution in [2.45, 2.75) is 31.8 Å². The van der Waals surface area contributed by atoms with Crippen LogP contribution in [0.1, 0.15) is 24.8 Å². The number of nitrogens with zero attached hydrogens (tertiary/aromatic N) is 1. The number of nitrogens with one attached hydrogen (secondary N) is 1. The lowest BCUT2D eigenvalue weighted by Gasteiger charge is -2.26. The van der Waals surface area contributed by atoms with E-state index < -0.39 is 0 Å². The van der Waals surface area contributed by atoms with Gasteiger partial charge in [-0.3, -0.25) is 10.1 Å². The van der Waals surface area contributed by atoms with Crippen LogP contribution in [-0.2, 0) is 6.54 Å². The first-order valence-electron chi connectivity index (χ1n) is 5.22. The number of non-ortho nitro benzene ring substituents is 1. The van der Waals surface area contributed by atoms with Crippen molar-refractivity contribution in [3.05, 3.63) is 39.9 Å². The van der Waals surface area contributed by atoms with Gasteiger partial charge in [-0.15, -0.1) is 0 Å². The molecule has 1 aliphatic rings. The largest absolute Gasteiger partial charge is 0.310 e. The minimum absolute atomic E-state index is 0.155. The van der Waals surface area contributed by atoms with Crippen LogP contribution < -0.4 is 5.32 Å². The molecule has 0 heterocycles. The van der Waals surface area contributed by atoms with Crippen molar-refractivity contribution >= 4 is 5.69 Å². The van der Waals surface area contributed by atoms with Gasteiger partial charge in [-0.25, -0.2) is 0 Å². The highest BCUT2D eigenvalue weighted by Gasteiger charge is 2.16. The normalized spacial score (nSPS) is 16.0. The maximum absolute atomic E-state index is 10.4. The maximum atomic E-state index is 10.4. The molecule has 0 aromatic heterocycles. The first-order chi connectivity index (χ1) is 7.25. The third kappa shape index (κ3) is 2.53. The van der Waals surface area contributed by atoms with E-state index in [1.54, 1.807) is 12.1 Å². The first-order valence-corrected chi connectivity index (χ1v) is 5.22. The Hall–Kier alpha value is -1.42. The second-order valence-corrected chi connectivity index (χ2v) is 3.93. The Bertz CT molecular complexity index is 344. The molecule has 1 aliphatic carbocycles. The molecule has 1 aromatic carbocycles. The molecule has 15 heavy (non-hydrogen) atoms. The quantitative estimate of drug-likeness (QED) is 0.607. The molecule has 0 aliphatic heterocycles. The van der Waals surface area contributed by atoms with Gasteiger partial charge in [-0.2, -0.15) is 0 Å². The average molecular weight is 206 g/mol. The minimum Gasteiger partial charge on any atom is -0.310 e. The Morgan fingerprint density at radius 2 is 2.00 bits per heavy atom. The molecule has 1 saturated carbocycles. The van der Waals surface area contributed by atoms with E-state index in [0.29, 0.717) is 6.04 Å². The number of benzene rings is 1. The summed E-state index contributed by atoms with van der Waals surface area (Å²) in [6.45, 7) is 0.808. The zero-order valence-corrected chi connectivity index (χ0v) is 8.48. The minimum atomic E-state index is -0.372. The van der Waals surface area contributed by atoms with Gasteiger partial charge in [0.15, 0.2) is 0 Å². The molecule has 1 aromatic rings. The monoisotopic (exact) mass is 206 g/mol. The summed E-state index contributed by atoms with van der Waals surface area (Å²) < 4.78 is 0. The molecular weight excluding hydrogens is 192 g/mol. The molecule has 1 N–H and O–H groups in total. The Kier molecular flexibility index (Phi) is 2.97. The maximum Gasteiger partial charge on any atom is 0.269 e. The van der Waals surface area contributed by atoms with Crippen LogP contribution in [0, 0.1) is 10.1 Å². The second-order valence-electron chi connectivity index (χ2n) is 3.93. The van der Waals surface area contributed by atoms with E-state index in [9.17, 15) is 10.1 Å². The summed E-state index contributed by atoms with van der Waals surface area (Å²) >= 11 is 0. The number of hydrogen-bond acceptors (Lipinski definition) is 3. The fourth-order valence-corrected chi connectivity index (χ4v) is 1.61. The van der Waals surface area contributed by atoms with E-state index in [2.05, 4.69) is 5.32 Å². The van der Waals surface area contributed by atoms with Crippen molar-refractivity contribution in [2.24, 2.45) is 0 Å². The third-order valence-corrected chi connectivity index (χ3v) is 2.85. The molecule has 0 unspecified atom stereocenters. The summed E-state index contributed by atoms with van der Waals surface area (Å²) in [5.41, 5.74) is 1.26. The number of nitro benzene ring substituents is 1. The van der Waals surface area contributed by atoms with Crippen molar-refractivity contribution < 1.29 is 4.92 Å². The van der Waals surface area contributed by atoms with Crippen LogP contribution in [0.15, 0.2) is 24.3 Å². The molecule has 4 heteroatoms. The number of rotatable bonds is 4. The highest BCUT2D eigenvalue weighted by atomic mass is 16.6. The fourth-order valence-electron chi connectivity index (χ4n) is 1.61. The Balaban J connectivity index is 1.88. The van der Waals surface area contributed by atoms with Crippen molar-refractivity contribution in [3.63, 3.8) is 0 Å². The van der Waals surface area contributed by atoms with E-state index in [1.807, 2.05) is 12.1 Å². The molecule has 0 spiro atoms. The van der Waals surface area contributed by atoms with Crippen molar-refractivity contribution in [1.82, 2.24) is 5.32 Å². The van der Waals surface area contributed by atoms with Crippen molar-refractivity contribution in [3.8, 4) is 0 Å². The molecule has 0 amide bonds. The van der Waals surface area contributed by atoms with Gasteiger partial charge < -0.3 is 5.32 Å². The van der Waals surface area contributed by atoms with Gasteiger partial charge in [0.25, 0.3) is 5.69 Å². The van der Waals surface area contributed by atoms with E-state index in [0.717, 1.165) is 12.1 Å². The molecule has 0 bridgehead atoms. The molecule has 4 nitrogen and oxygen atoms in total. The van der Waals surface area contributed by atoms with Gasteiger partial charge in [0.1, 0.15) is 0 Å². The van der Waals surface area contributed by atoms with Crippen LogP contribution >= 0.6 is 0 Å². The number of hydrogen-bond donors (Lipinski definition) is 1. The molecule has 0 atom stereocenters. The van der Waals surface area contributed by atoms with Crippen LogP contribution in [0.25, 0.3) is 0 Å². The van der Waals surface area contributed by atoms with Crippen LogP contribution in [0.2, 0.25) is 0 Å². The van der Waals surface area contributed by atoms with Crippen molar-refractivity contribution in [2.75, 3.05) is 0 Å². The predicted octanol–water partition coefficient (Wildman–Crippen LogP) is 2.24. The lowest BCUT2D eigenvalue weighted by Crippen LogP contribution is -2.34. The highest BCUT2D eigenvalue weighted by molar-refractivity contribution is 5.32. The van der Waals surface area contributed by atoms with Crippen molar-refractivity contribution in [1.29, 1.82) is 0 Å². The smallest absolute Gasteiger partial charge is 0.269 e. The highest BCUT2D eigenvalue weighted by Crippen LogP contribution is 2.19. The zero-order chi connectivity index (χ0) is 10.7. The van der Waals surface area contributed by atoms with E-state index >= 15 is 0 Å². The molecule has 0 saturated heterocycles. The summed E-state index contributed by atoms with van der Waals surface area (Å²) in [4.78, 5) is 10.1. The lowest BCUT2D eigenvalue weighted by molar-refractivity contribution is -0.384. The molecule has 2 rings (SSSR count). The zero-order valence-electron chi connectivity index (χ0n) is 8.48. The standard InChI is InChI=1S/C11H14N2O2/c14-13(15)11-6-4-9(5-7-11)8-12-10-2-1-3-10/h4-7,10,12H,1-3,8H2. The Morgan fingerprint density at radius 3 is 2.47 bits per heavy atom. The molecule has 80 valence electrons. The van der Waals surface area contributed by atoms with Gasteiger partial charge in [0.05, 0.1) is 4.92 Å². The summed E-state index contributed by atoms with van der Waals surface area (Å²) in [7, 11) is 0. The predicted molar refractivity (Wildman–Crippen MR) is 57.6 cm³/mol. The van der Waals surface area contributed by atoms with Crippen LogP contribution in [0.5, 0.6) is 0 Å². The van der Waals surface area contributed by atoms with Gasteiger partial charge in [-0.05, 0) is 18.4 Å². The van der Waals surface area contributed by atoms with Gasteiger partial charge >= 0.3 is 0 Å². The number of nitro groups is 1. The Morgan fingerprint density at radius 1 is 1.33 bits per heavy atom. The Labute approximate surface area is 88.5 Å². The van der Waals surface area contributed by atoms with Gasteiger partial charge in [0.2, 0.25) is 0 Å². The van der Waals surface area contributed by atoms with E-state index in [4.69, 9.17) is 0 Å². The van der Waals surface area contributed by atoms with E-state index in [1.165, 1.54) is 19.3 Å². The summed E-state index contributed by atoms with van der Waals surface area (Å²) in [6, 6.07) is 7.38. The van der Waals surface area contributed by atoms with Crippen LogP contribution in [-0.4, -0.2) is 11.0 Å². The molecular formula is C11H14N2O2. The van der Waals surface area contributed by atoms with Crippen LogP contribution in [0.3, 0.4) is 0 Å². The summed E-state index contributed by atoms with van der Waals surface area (Å²) in [5.74, 6) is 0.